The van der Waals surface area contributed by atoms with Crippen molar-refractivity contribution in [2.45, 2.75) is 51.4 Å². The summed E-state index contributed by atoms with van der Waals surface area (Å²) in [5, 5.41) is 12.1. The molecule has 0 N–H and O–H groups in total. The number of hydrogen-bond acceptors (Lipinski definition) is 5. The van der Waals surface area contributed by atoms with Gasteiger partial charge in [-0.3, -0.25) is 0 Å². The van der Waals surface area contributed by atoms with E-state index in [4.69, 9.17) is 19.4 Å². The van der Waals surface area contributed by atoms with Gasteiger partial charge in [0.05, 0.1) is 28.7 Å². The zero-order valence-electron chi connectivity index (χ0n) is 27.0. The monoisotopic (exact) mass is 610 g/mol. The van der Waals surface area contributed by atoms with Crippen LogP contribution in [-0.2, 0) is 10.8 Å². The second kappa shape index (κ2) is 10.7. The first kappa shape index (κ1) is 28.8. The van der Waals surface area contributed by atoms with Crippen molar-refractivity contribution in [2.24, 2.45) is 0 Å². The molecule has 7 aromatic rings. The van der Waals surface area contributed by atoms with E-state index in [0.29, 0.717) is 22.8 Å². The fourth-order valence-electron chi connectivity index (χ4n) is 7.01. The maximum atomic E-state index is 10.0. The molecule has 1 aliphatic rings. The van der Waals surface area contributed by atoms with Crippen molar-refractivity contribution in [1.82, 2.24) is 15.0 Å². The molecule has 0 atom stereocenters. The zero-order valence-corrected chi connectivity index (χ0v) is 27.0. The zero-order chi connectivity index (χ0) is 32.3. The summed E-state index contributed by atoms with van der Waals surface area (Å²) in [5.74, 6) is 0.456. The maximum Gasteiger partial charge on any atom is 0.179 e. The van der Waals surface area contributed by atoms with Crippen LogP contribution < -0.4 is 0 Å². The van der Waals surface area contributed by atoms with Crippen LogP contribution in [0.1, 0.15) is 57.2 Å². The molecular formula is C42H34N4O. The Balaban J connectivity index is 1.38. The molecule has 1 aliphatic carbocycles. The van der Waals surface area contributed by atoms with Crippen LogP contribution in [0.3, 0.4) is 0 Å². The Morgan fingerprint density at radius 2 is 1.28 bits per heavy atom. The molecule has 8 rings (SSSR count). The first-order chi connectivity index (χ1) is 22.7. The molecule has 3 aromatic heterocycles. The smallest absolute Gasteiger partial charge is 0.179 e. The van der Waals surface area contributed by atoms with Crippen molar-refractivity contribution in [3.05, 3.63) is 126 Å². The first-order valence-electron chi connectivity index (χ1n) is 16.1. The number of fused-ring (bicyclic) bond motifs is 4. The third kappa shape index (κ3) is 4.98. The predicted octanol–water partition coefficient (Wildman–Crippen LogP) is 10.7. The van der Waals surface area contributed by atoms with Gasteiger partial charge >= 0.3 is 0 Å². The van der Waals surface area contributed by atoms with Gasteiger partial charge in [-0.1, -0.05) is 100 Å². The topological polar surface area (TPSA) is 75.6 Å². The van der Waals surface area contributed by atoms with Crippen LogP contribution in [0.4, 0.5) is 0 Å². The van der Waals surface area contributed by atoms with Gasteiger partial charge < -0.3 is 4.42 Å². The van der Waals surface area contributed by atoms with E-state index in [0.717, 1.165) is 62.9 Å². The number of pyridine rings is 1. The van der Waals surface area contributed by atoms with Crippen LogP contribution in [0.2, 0.25) is 0 Å². The third-order valence-electron chi connectivity index (χ3n) is 9.81. The minimum absolute atomic E-state index is 0.0483. The van der Waals surface area contributed by atoms with Gasteiger partial charge in [0.1, 0.15) is 16.9 Å². The summed E-state index contributed by atoms with van der Waals surface area (Å²) in [6, 6.07) is 38.9. The van der Waals surface area contributed by atoms with E-state index >= 15 is 0 Å². The molecule has 4 aromatic carbocycles. The third-order valence-corrected chi connectivity index (χ3v) is 9.81. The lowest BCUT2D eigenvalue weighted by molar-refractivity contribution is 0.332. The Morgan fingerprint density at radius 3 is 2.09 bits per heavy atom. The fourth-order valence-corrected chi connectivity index (χ4v) is 7.01. The van der Waals surface area contributed by atoms with E-state index in [1.807, 2.05) is 66.7 Å². The van der Waals surface area contributed by atoms with E-state index < -0.39 is 0 Å². The maximum absolute atomic E-state index is 10.0. The van der Waals surface area contributed by atoms with E-state index in [1.165, 1.54) is 11.1 Å². The molecule has 0 spiro atoms. The lowest BCUT2D eigenvalue weighted by Gasteiger charge is -2.42. The molecule has 0 radical (unpaired) electrons. The van der Waals surface area contributed by atoms with Crippen molar-refractivity contribution in [3.8, 4) is 51.4 Å². The summed E-state index contributed by atoms with van der Waals surface area (Å²) >= 11 is 0. The number of nitrogens with zero attached hydrogens (tertiary/aromatic N) is 4. The standard InChI is InChI=1S/C42H34N4O/c1-41(2)19-20-42(3,4)33-23-28(17-18-32(33)41)35-24-36(31-15-10-14-30-29-13-8-9-16-38(29)47-39(30)31)46-40(45-35)37-22-26(25-43)21-34(44-37)27-11-6-5-7-12-27/h5-18,21-24H,19-20H2,1-4H3. The van der Waals surface area contributed by atoms with E-state index in [2.05, 4.69) is 70.2 Å². The molecule has 228 valence electrons. The molecule has 0 aliphatic heterocycles. The van der Waals surface area contributed by atoms with Crippen LogP contribution in [0, 0.1) is 11.3 Å². The summed E-state index contributed by atoms with van der Waals surface area (Å²) in [7, 11) is 0. The molecular weight excluding hydrogens is 576 g/mol. The van der Waals surface area contributed by atoms with Gasteiger partial charge in [-0.2, -0.15) is 5.26 Å². The summed E-state index contributed by atoms with van der Waals surface area (Å²) in [6.45, 7) is 9.36. The highest BCUT2D eigenvalue weighted by Crippen LogP contribution is 2.47. The number of nitriles is 1. The van der Waals surface area contributed by atoms with Crippen molar-refractivity contribution in [3.63, 3.8) is 0 Å². The number of rotatable bonds is 4. The minimum Gasteiger partial charge on any atom is -0.455 e. The largest absolute Gasteiger partial charge is 0.455 e. The molecule has 0 bridgehead atoms. The Hall–Kier alpha value is -5.60. The van der Waals surface area contributed by atoms with Gasteiger partial charge in [0.25, 0.3) is 0 Å². The summed E-state index contributed by atoms with van der Waals surface area (Å²) in [4.78, 5) is 15.3. The lowest BCUT2D eigenvalue weighted by atomic mass is 9.63. The Bertz CT molecular complexity index is 2380. The highest BCUT2D eigenvalue weighted by atomic mass is 16.3. The fraction of sp³-hybridized carbons (Fsp3) is 0.190. The van der Waals surface area contributed by atoms with E-state index in [9.17, 15) is 5.26 Å². The molecule has 0 unspecified atom stereocenters. The average molecular weight is 611 g/mol. The number of aromatic nitrogens is 3. The van der Waals surface area contributed by atoms with Gasteiger partial charge in [-0.15, -0.1) is 0 Å². The Morgan fingerprint density at radius 1 is 0.596 bits per heavy atom. The van der Waals surface area contributed by atoms with Gasteiger partial charge in [-0.25, -0.2) is 15.0 Å². The highest BCUT2D eigenvalue weighted by molar-refractivity contribution is 6.09. The van der Waals surface area contributed by atoms with Gasteiger partial charge in [0, 0.05) is 27.5 Å². The second-order valence-electron chi connectivity index (χ2n) is 13.9. The average Bonchev–Trinajstić information content (AvgIpc) is 3.49. The van der Waals surface area contributed by atoms with Gasteiger partial charge in [0.15, 0.2) is 5.82 Å². The first-order valence-corrected chi connectivity index (χ1v) is 16.1. The molecule has 3 heterocycles. The summed E-state index contributed by atoms with van der Waals surface area (Å²) in [5.41, 5.74) is 10.6. The SMILES string of the molecule is CC1(C)CCC(C)(C)c2cc(-c3cc(-c4cccc5c4oc4ccccc45)nc(-c4cc(C#N)cc(-c5ccccc5)n4)n3)ccc21. The highest BCUT2D eigenvalue weighted by Gasteiger charge is 2.37. The van der Waals surface area contributed by atoms with Gasteiger partial charge in [0.2, 0.25) is 0 Å². The van der Waals surface area contributed by atoms with Crippen LogP contribution in [0.25, 0.3) is 67.2 Å². The van der Waals surface area contributed by atoms with Gasteiger partial charge in [-0.05, 0) is 71.2 Å². The van der Waals surface area contributed by atoms with Crippen LogP contribution in [0.15, 0.2) is 114 Å². The van der Waals surface area contributed by atoms with Crippen LogP contribution in [0.5, 0.6) is 0 Å². The molecule has 0 saturated heterocycles. The number of benzene rings is 4. The van der Waals surface area contributed by atoms with Crippen LogP contribution in [-0.4, -0.2) is 15.0 Å². The van der Waals surface area contributed by atoms with Crippen molar-refractivity contribution < 1.29 is 4.42 Å². The number of para-hydroxylation sites is 2. The Labute approximate surface area is 274 Å². The molecule has 0 amide bonds. The summed E-state index contributed by atoms with van der Waals surface area (Å²) < 4.78 is 6.45. The molecule has 0 fully saturated rings. The summed E-state index contributed by atoms with van der Waals surface area (Å²) in [6.07, 6.45) is 2.28. The Kier molecular flexibility index (Phi) is 6.59. The number of furan rings is 1. The molecule has 0 saturated carbocycles. The predicted molar refractivity (Wildman–Crippen MR) is 189 cm³/mol. The lowest BCUT2D eigenvalue weighted by Crippen LogP contribution is -2.33. The van der Waals surface area contributed by atoms with Crippen LogP contribution >= 0.6 is 0 Å². The quantitative estimate of drug-likeness (QED) is 0.198. The minimum atomic E-state index is 0.0483. The normalized spacial score (nSPS) is 15.0. The van der Waals surface area contributed by atoms with E-state index in [1.54, 1.807) is 6.07 Å². The molecule has 5 nitrogen and oxygen atoms in total. The van der Waals surface area contributed by atoms with Crippen molar-refractivity contribution >= 4 is 21.9 Å². The van der Waals surface area contributed by atoms with Crippen molar-refractivity contribution in [1.29, 1.82) is 5.26 Å². The second-order valence-corrected chi connectivity index (χ2v) is 13.9. The van der Waals surface area contributed by atoms with E-state index in [-0.39, 0.29) is 10.8 Å². The van der Waals surface area contributed by atoms with Crippen molar-refractivity contribution in [2.75, 3.05) is 0 Å². The number of hydrogen-bond donors (Lipinski definition) is 0. The molecule has 5 heteroatoms. The molecule has 47 heavy (non-hydrogen) atoms.